The van der Waals surface area contributed by atoms with Gasteiger partial charge in [0.05, 0.1) is 25.4 Å². The minimum absolute atomic E-state index is 0. The Labute approximate surface area is 248 Å². The van der Waals surface area contributed by atoms with Crippen molar-refractivity contribution in [2.45, 2.75) is 94.7 Å². The first-order valence-corrected chi connectivity index (χ1v) is 14.8. The molecular weight excluding hydrogens is 516 g/mol. The van der Waals surface area contributed by atoms with E-state index >= 15 is 0 Å². The van der Waals surface area contributed by atoms with E-state index in [4.69, 9.17) is 24.7 Å². The first-order valence-electron chi connectivity index (χ1n) is 14.8. The lowest BCUT2D eigenvalue weighted by Gasteiger charge is -2.42. The highest BCUT2D eigenvalue weighted by Crippen LogP contribution is 2.43. The van der Waals surface area contributed by atoms with Crippen LogP contribution in [0.1, 0.15) is 94.6 Å². The average molecular weight is 571 g/mol. The Balaban J connectivity index is 0.000000281. The molecule has 2 aliphatic carbocycles. The number of ether oxygens (including phenoxy) is 4. The van der Waals surface area contributed by atoms with Gasteiger partial charge in [0.15, 0.2) is 0 Å². The number of carbonyl (C=O) groups is 1. The topological polar surface area (TPSA) is 92.0 Å². The van der Waals surface area contributed by atoms with Crippen molar-refractivity contribution in [3.63, 3.8) is 0 Å². The van der Waals surface area contributed by atoms with Crippen molar-refractivity contribution >= 4 is 6.41 Å². The second-order valence-electron chi connectivity index (χ2n) is 11.1. The van der Waals surface area contributed by atoms with Crippen LogP contribution in [-0.4, -0.2) is 59.1 Å². The van der Waals surface area contributed by atoms with Crippen LogP contribution in [0.3, 0.4) is 0 Å². The summed E-state index contributed by atoms with van der Waals surface area (Å²) >= 11 is 0. The predicted octanol–water partition coefficient (Wildman–Crippen LogP) is 6.60. The summed E-state index contributed by atoms with van der Waals surface area (Å²) < 4.78 is 22.3. The van der Waals surface area contributed by atoms with Crippen molar-refractivity contribution in [2.75, 3.05) is 41.5 Å². The SMILES string of the molecule is C.COc1ccc(C(CN)C2(OC)CCCCC2)cc1.COc1ccc(C(CNC=O)C2(OC)CCCCC2)cc1. The quantitative estimate of drug-likeness (QED) is 0.280. The molecule has 2 saturated carbocycles. The molecule has 1 amide bonds. The number of nitrogens with two attached hydrogens (primary N) is 1. The molecule has 2 aromatic carbocycles. The minimum atomic E-state index is -0.178. The summed E-state index contributed by atoms with van der Waals surface area (Å²) in [5.74, 6) is 2.16. The lowest BCUT2D eigenvalue weighted by atomic mass is 9.72. The van der Waals surface area contributed by atoms with Gasteiger partial charge in [0.2, 0.25) is 6.41 Å². The van der Waals surface area contributed by atoms with Crippen LogP contribution in [-0.2, 0) is 14.3 Å². The van der Waals surface area contributed by atoms with Gasteiger partial charge < -0.3 is 30.0 Å². The molecule has 0 heterocycles. The van der Waals surface area contributed by atoms with Crippen molar-refractivity contribution in [2.24, 2.45) is 5.73 Å². The monoisotopic (exact) mass is 570 g/mol. The predicted molar refractivity (Wildman–Crippen MR) is 167 cm³/mol. The lowest BCUT2D eigenvalue weighted by Crippen LogP contribution is -2.44. The summed E-state index contributed by atoms with van der Waals surface area (Å²) in [5.41, 5.74) is 8.24. The third-order valence-electron chi connectivity index (χ3n) is 9.16. The van der Waals surface area contributed by atoms with Crippen molar-refractivity contribution in [1.29, 1.82) is 0 Å². The Morgan fingerprint density at radius 3 is 1.44 bits per heavy atom. The Morgan fingerprint density at radius 2 is 1.10 bits per heavy atom. The van der Waals surface area contributed by atoms with E-state index in [9.17, 15) is 4.79 Å². The molecule has 0 saturated heterocycles. The zero-order chi connectivity index (χ0) is 28.8. The van der Waals surface area contributed by atoms with Crippen LogP contribution in [0.2, 0.25) is 0 Å². The van der Waals surface area contributed by atoms with E-state index in [1.165, 1.54) is 49.7 Å². The number of hydrogen-bond acceptors (Lipinski definition) is 6. The number of hydrogen-bond donors (Lipinski definition) is 2. The molecule has 2 unspecified atom stereocenters. The normalized spacial score (nSPS) is 18.9. The largest absolute Gasteiger partial charge is 0.497 e. The average Bonchev–Trinajstić information content (AvgIpc) is 3.03. The molecular formula is C34H54N2O5. The lowest BCUT2D eigenvalue weighted by molar-refractivity contribution is -0.110. The summed E-state index contributed by atoms with van der Waals surface area (Å²) in [6.45, 7) is 1.23. The first kappa shape index (κ1) is 34.6. The third kappa shape index (κ3) is 8.69. The number of methoxy groups -OCH3 is 4. The van der Waals surface area contributed by atoms with E-state index in [2.05, 4.69) is 29.6 Å². The molecule has 0 spiro atoms. The second kappa shape index (κ2) is 17.4. The zero-order valence-corrected chi connectivity index (χ0v) is 25.0. The Kier molecular flexibility index (Phi) is 14.7. The third-order valence-corrected chi connectivity index (χ3v) is 9.16. The molecule has 0 aliphatic heterocycles. The standard InChI is InChI=1S/C17H25NO3.C16H25NO2.CH4/c1-20-15-8-6-14(7-9-15)16(12-18-13-19)17(21-2)10-4-3-5-11-17;1-18-14-8-6-13(7-9-14)15(12-17)16(19-2)10-4-3-5-11-16;/h6-9,13,16H,3-5,10-12H2,1-2H3,(H,18,19);6-9,15H,3-5,10-12,17H2,1-2H3;1H4. The molecule has 230 valence electrons. The van der Waals surface area contributed by atoms with Crippen LogP contribution in [0.25, 0.3) is 0 Å². The van der Waals surface area contributed by atoms with Gasteiger partial charge in [-0.25, -0.2) is 0 Å². The fourth-order valence-electron chi connectivity index (χ4n) is 6.79. The van der Waals surface area contributed by atoms with Crippen LogP contribution >= 0.6 is 0 Å². The summed E-state index contributed by atoms with van der Waals surface area (Å²) in [5, 5.41) is 2.84. The molecule has 4 rings (SSSR count). The molecule has 7 nitrogen and oxygen atoms in total. The van der Waals surface area contributed by atoms with E-state index < -0.39 is 0 Å². The fourth-order valence-corrected chi connectivity index (χ4v) is 6.79. The van der Waals surface area contributed by atoms with E-state index in [1.54, 1.807) is 21.3 Å². The van der Waals surface area contributed by atoms with Gasteiger partial charge in [-0.2, -0.15) is 0 Å². The molecule has 2 aromatic rings. The zero-order valence-electron chi connectivity index (χ0n) is 25.0. The van der Waals surface area contributed by atoms with Crippen LogP contribution in [0.4, 0.5) is 0 Å². The van der Waals surface area contributed by atoms with E-state index in [1.807, 2.05) is 31.4 Å². The smallest absolute Gasteiger partial charge is 0.207 e. The highest BCUT2D eigenvalue weighted by atomic mass is 16.5. The van der Waals surface area contributed by atoms with Crippen molar-refractivity contribution in [1.82, 2.24) is 5.32 Å². The Morgan fingerprint density at radius 1 is 0.707 bits per heavy atom. The van der Waals surface area contributed by atoms with Gasteiger partial charge >= 0.3 is 0 Å². The van der Waals surface area contributed by atoms with Gasteiger partial charge in [-0.05, 0) is 61.1 Å². The number of amides is 1. The molecule has 0 bridgehead atoms. The summed E-state index contributed by atoms with van der Waals surface area (Å²) in [7, 11) is 6.98. The maximum absolute atomic E-state index is 10.7. The molecule has 41 heavy (non-hydrogen) atoms. The maximum atomic E-state index is 10.7. The molecule has 2 atom stereocenters. The van der Waals surface area contributed by atoms with Gasteiger partial charge in [-0.3, -0.25) is 4.79 Å². The van der Waals surface area contributed by atoms with Crippen LogP contribution in [0, 0.1) is 0 Å². The number of nitrogens with one attached hydrogen (secondary N) is 1. The summed E-state index contributed by atoms with van der Waals surface area (Å²) in [6.07, 6.45) is 12.5. The fraction of sp³-hybridized carbons (Fsp3) is 0.618. The van der Waals surface area contributed by atoms with E-state index in [-0.39, 0.29) is 30.5 Å². The highest BCUT2D eigenvalue weighted by Gasteiger charge is 2.41. The number of carbonyl (C=O) groups excluding carboxylic acids is 1. The number of benzene rings is 2. The molecule has 0 radical (unpaired) electrons. The van der Waals surface area contributed by atoms with Crippen LogP contribution in [0.15, 0.2) is 48.5 Å². The van der Waals surface area contributed by atoms with Gasteiger partial charge in [0.25, 0.3) is 0 Å². The van der Waals surface area contributed by atoms with Gasteiger partial charge in [0, 0.05) is 39.1 Å². The highest BCUT2D eigenvalue weighted by molar-refractivity contribution is 5.46. The van der Waals surface area contributed by atoms with Gasteiger partial charge in [0.1, 0.15) is 11.5 Å². The summed E-state index contributed by atoms with van der Waals surface area (Å²) in [4.78, 5) is 10.7. The minimum Gasteiger partial charge on any atom is -0.497 e. The van der Waals surface area contributed by atoms with Gasteiger partial charge in [-0.15, -0.1) is 0 Å². The molecule has 7 heteroatoms. The van der Waals surface area contributed by atoms with Crippen molar-refractivity contribution in [3.8, 4) is 11.5 Å². The molecule has 3 N–H and O–H groups in total. The van der Waals surface area contributed by atoms with Crippen molar-refractivity contribution in [3.05, 3.63) is 59.7 Å². The van der Waals surface area contributed by atoms with E-state index in [0.717, 1.165) is 43.6 Å². The van der Waals surface area contributed by atoms with Gasteiger partial charge in [-0.1, -0.05) is 70.2 Å². The van der Waals surface area contributed by atoms with E-state index in [0.29, 0.717) is 13.1 Å². The summed E-state index contributed by atoms with van der Waals surface area (Å²) in [6, 6.07) is 16.3. The van der Waals surface area contributed by atoms with Crippen LogP contribution < -0.4 is 20.5 Å². The Hall–Kier alpha value is -2.61. The molecule has 0 aromatic heterocycles. The second-order valence-corrected chi connectivity index (χ2v) is 11.1. The number of rotatable bonds is 12. The van der Waals surface area contributed by atoms with Crippen molar-refractivity contribution < 1.29 is 23.7 Å². The Bertz CT molecular complexity index is 983. The maximum Gasteiger partial charge on any atom is 0.207 e. The first-order chi connectivity index (χ1) is 19.5. The molecule has 2 fully saturated rings. The van der Waals surface area contributed by atoms with Crippen LogP contribution in [0.5, 0.6) is 11.5 Å². The molecule has 2 aliphatic rings.